The largest absolute Gasteiger partial charge is 0.351 e. The van der Waals surface area contributed by atoms with Crippen LogP contribution in [-0.2, 0) is 6.54 Å². The van der Waals surface area contributed by atoms with Crippen molar-refractivity contribution in [2.24, 2.45) is 5.92 Å². The molecule has 2 heterocycles. The van der Waals surface area contributed by atoms with Crippen LogP contribution in [0.4, 0.5) is 5.82 Å². The molecule has 0 radical (unpaired) electrons. The number of anilines is 1. The summed E-state index contributed by atoms with van der Waals surface area (Å²) in [6.07, 6.45) is 5.83. The third-order valence-electron chi connectivity index (χ3n) is 4.21. The zero-order valence-electron chi connectivity index (χ0n) is 13.4. The predicted molar refractivity (Wildman–Crippen MR) is 86.0 cm³/mol. The van der Waals surface area contributed by atoms with Crippen LogP contribution in [0.1, 0.15) is 52.5 Å². The molecule has 1 aliphatic heterocycles. The number of aromatic nitrogens is 1. The van der Waals surface area contributed by atoms with Gasteiger partial charge in [-0.05, 0) is 50.3 Å². The average molecular weight is 275 g/mol. The van der Waals surface area contributed by atoms with Crippen LogP contribution in [-0.4, -0.2) is 23.6 Å². The van der Waals surface area contributed by atoms with Gasteiger partial charge in [0.15, 0.2) is 0 Å². The highest BCUT2D eigenvalue weighted by Crippen LogP contribution is 2.30. The van der Waals surface area contributed by atoms with Gasteiger partial charge in [0.2, 0.25) is 0 Å². The number of hydrogen-bond donors (Lipinski definition) is 1. The Balaban J connectivity index is 1.97. The smallest absolute Gasteiger partial charge is 0.128 e. The van der Waals surface area contributed by atoms with E-state index in [1.165, 1.54) is 24.8 Å². The topological polar surface area (TPSA) is 28.2 Å². The molecule has 0 amide bonds. The van der Waals surface area contributed by atoms with Gasteiger partial charge in [0, 0.05) is 24.8 Å². The summed E-state index contributed by atoms with van der Waals surface area (Å²) >= 11 is 0. The molecule has 3 nitrogen and oxygen atoms in total. The molecule has 3 heteroatoms. The molecule has 1 aliphatic rings. The summed E-state index contributed by atoms with van der Waals surface area (Å²) in [5.74, 6) is 1.84. The van der Waals surface area contributed by atoms with Gasteiger partial charge < -0.3 is 10.2 Å². The first-order valence-electron chi connectivity index (χ1n) is 8.05. The van der Waals surface area contributed by atoms with Gasteiger partial charge in [-0.3, -0.25) is 0 Å². The van der Waals surface area contributed by atoms with Crippen molar-refractivity contribution in [3.63, 3.8) is 0 Å². The first kappa shape index (κ1) is 15.3. The molecule has 0 aliphatic carbocycles. The molecule has 112 valence electrons. The Labute approximate surface area is 123 Å². The highest BCUT2D eigenvalue weighted by atomic mass is 15.2. The lowest BCUT2D eigenvalue weighted by atomic mass is 10.1. The number of pyridine rings is 1. The normalized spacial score (nSPS) is 22.8. The fraction of sp³-hybridized carbons (Fsp3) is 0.706. The molecule has 2 rings (SSSR count). The fourth-order valence-corrected chi connectivity index (χ4v) is 3.06. The lowest BCUT2D eigenvalue weighted by molar-refractivity contribution is 0.551. The van der Waals surface area contributed by atoms with Crippen molar-refractivity contribution >= 4 is 5.82 Å². The van der Waals surface area contributed by atoms with Crippen molar-refractivity contribution < 1.29 is 0 Å². The molecule has 0 spiro atoms. The molecular weight excluding hydrogens is 246 g/mol. The van der Waals surface area contributed by atoms with E-state index in [4.69, 9.17) is 4.98 Å². The van der Waals surface area contributed by atoms with Crippen LogP contribution in [0.25, 0.3) is 0 Å². The van der Waals surface area contributed by atoms with Crippen LogP contribution in [0.15, 0.2) is 18.3 Å². The van der Waals surface area contributed by atoms with Gasteiger partial charge in [0.05, 0.1) is 0 Å². The maximum atomic E-state index is 4.69. The maximum Gasteiger partial charge on any atom is 0.128 e. The lowest BCUT2D eigenvalue weighted by Crippen LogP contribution is -2.34. The van der Waals surface area contributed by atoms with Crippen LogP contribution < -0.4 is 10.2 Å². The van der Waals surface area contributed by atoms with Crippen molar-refractivity contribution in [3.05, 3.63) is 23.9 Å². The van der Waals surface area contributed by atoms with Crippen LogP contribution >= 0.6 is 0 Å². The Morgan fingerprint density at radius 2 is 2.15 bits per heavy atom. The van der Waals surface area contributed by atoms with E-state index < -0.39 is 0 Å². The van der Waals surface area contributed by atoms with E-state index in [1.54, 1.807) is 0 Å². The summed E-state index contributed by atoms with van der Waals surface area (Å²) < 4.78 is 0. The van der Waals surface area contributed by atoms with Crippen LogP contribution in [0, 0.1) is 5.92 Å². The first-order valence-corrected chi connectivity index (χ1v) is 8.05. The van der Waals surface area contributed by atoms with Crippen molar-refractivity contribution in [1.82, 2.24) is 10.3 Å². The van der Waals surface area contributed by atoms with Gasteiger partial charge in [-0.25, -0.2) is 4.98 Å². The molecule has 1 aromatic heterocycles. The fourth-order valence-electron chi connectivity index (χ4n) is 3.06. The molecule has 1 saturated heterocycles. The second-order valence-corrected chi connectivity index (χ2v) is 6.45. The second-order valence-electron chi connectivity index (χ2n) is 6.45. The molecule has 1 N–H and O–H groups in total. The zero-order chi connectivity index (χ0) is 14.5. The SMILES string of the molecule is CCC1CCC(C)N1c1ccc(CNCC(C)C)cn1. The van der Waals surface area contributed by atoms with E-state index in [-0.39, 0.29) is 0 Å². The van der Waals surface area contributed by atoms with Crippen molar-refractivity contribution in [2.75, 3.05) is 11.4 Å². The Morgan fingerprint density at radius 1 is 1.35 bits per heavy atom. The number of nitrogens with one attached hydrogen (secondary N) is 1. The monoisotopic (exact) mass is 275 g/mol. The van der Waals surface area contributed by atoms with Crippen molar-refractivity contribution in [3.8, 4) is 0 Å². The summed E-state index contributed by atoms with van der Waals surface area (Å²) in [6, 6.07) is 5.70. The molecule has 20 heavy (non-hydrogen) atoms. The second kappa shape index (κ2) is 7.07. The van der Waals surface area contributed by atoms with Crippen LogP contribution in [0.5, 0.6) is 0 Å². The Bertz CT molecular complexity index is 399. The van der Waals surface area contributed by atoms with Crippen LogP contribution in [0.2, 0.25) is 0 Å². The van der Waals surface area contributed by atoms with Gasteiger partial charge >= 0.3 is 0 Å². The minimum Gasteiger partial charge on any atom is -0.351 e. The van der Waals surface area contributed by atoms with E-state index >= 15 is 0 Å². The molecule has 0 saturated carbocycles. The maximum absolute atomic E-state index is 4.69. The minimum absolute atomic E-state index is 0.623. The van der Waals surface area contributed by atoms with E-state index in [2.05, 4.69) is 50.0 Å². The molecular formula is C17H29N3. The first-order chi connectivity index (χ1) is 9.61. The third-order valence-corrected chi connectivity index (χ3v) is 4.21. The van der Waals surface area contributed by atoms with E-state index in [0.717, 1.165) is 18.9 Å². The molecule has 1 aromatic rings. The van der Waals surface area contributed by atoms with E-state index in [9.17, 15) is 0 Å². The summed E-state index contributed by atoms with van der Waals surface area (Å²) in [5, 5.41) is 3.47. The average Bonchev–Trinajstić information content (AvgIpc) is 2.80. The van der Waals surface area contributed by atoms with Crippen LogP contribution in [0.3, 0.4) is 0 Å². The standard InChI is InChI=1S/C17H29N3/c1-5-16-8-6-14(4)20(16)17-9-7-15(12-19-17)11-18-10-13(2)3/h7,9,12-14,16,18H,5-6,8,10-11H2,1-4H3. The highest BCUT2D eigenvalue weighted by Gasteiger charge is 2.29. The predicted octanol–water partition coefficient (Wildman–Crippen LogP) is 3.59. The summed E-state index contributed by atoms with van der Waals surface area (Å²) in [5.41, 5.74) is 1.27. The van der Waals surface area contributed by atoms with Gasteiger partial charge in [-0.15, -0.1) is 0 Å². The highest BCUT2D eigenvalue weighted by molar-refractivity contribution is 5.43. The number of nitrogens with zero attached hydrogens (tertiary/aromatic N) is 2. The molecule has 2 atom stereocenters. The Kier molecular flexibility index (Phi) is 5.41. The zero-order valence-corrected chi connectivity index (χ0v) is 13.4. The van der Waals surface area contributed by atoms with Gasteiger partial charge in [0.1, 0.15) is 5.82 Å². The molecule has 2 unspecified atom stereocenters. The molecule has 0 aromatic carbocycles. The lowest BCUT2D eigenvalue weighted by Gasteiger charge is -2.29. The molecule has 0 bridgehead atoms. The van der Waals surface area contributed by atoms with Crippen molar-refractivity contribution in [2.45, 2.75) is 65.6 Å². The van der Waals surface area contributed by atoms with E-state index in [0.29, 0.717) is 18.0 Å². The Hall–Kier alpha value is -1.09. The minimum atomic E-state index is 0.623. The summed E-state index contributed by atoms with van der Waals surface area (Å²) in [4.78, 5) is 7.20. The third kappa shape index (κ3) is 3.72. The Morgan fingerprint density at radius 3 is 2.75 bits per heavy atom. The van der Waals surface area contributed by atoms with Gasteiger partial charge in [0.25, 0.3) is 0 Å². The quantitative estimate of drug-likeness (QED) is 0.860. The number of hydrogen-bond acceptors (Lipinski definition) is 3. The molecule has 1 fully saturated rings. The van der Waals surface area contributed by atoms with Gasteiger partial charge in [-0.2, -0.15) is 0 Å². The summed E-state index contributed by atoms with van der Waals surface area (Å²) in [7, 11) is 0. The van der Waals surface area contributed by atoms with Gasteiger partial charge in [-0.1, -0.05) is 26.8 Å². The summed E-state index contributed by atoms with van der Waals surface area (Å²) in [6.45, 7) is 11.0. The number of rotatable bonds is 6. The van der Waals surface area contributed by atoms with E-state index in [1.807, 2.05) is 6.20 Å². The van der Waals surface area contributed by atoms with Crippen molar-refractivity contribution in [1.29, 1.82) is 0 Å².